The van der Waals surface area contributed by atoms with E-state index >= 15 is 0 Å². The Hall–Kier alpha value is -2.43. The van der Waals surface area contributed by atoms with Crippen LogP contribution in [0.4, 0.5) is 0 Å². The summed E-state index contributed by atoms with van der Waals surface area (Å²) in [5.74, 6) is -0.112. The molecular weight excluding hydrogens is 278 g/mol. The van der Waals surface area contributed by atoms with Gasteiger partial charge in [0.1, 0.15) is 5.69 Å². The van der Waals surface area contributed by atoms with Crippen LogP contribution >= 0.6 is 0 Å². The molecule has 2 heterocycles. The molecule has 0 atom stereocenters. The normalized spacial score (nSPS) is 15.4. The maximum absolute atomic E-state index is 12.6. The molecule has 22 heavy (non-hydrogen) atoms. The maximum atomic E-state index is 12.6. The summed E-state index contributed by atoms with van der Waals surface area (Å²) in [6.45, 7) is 1.51. The minimum Gasteiger partial charge on any atom is -0.337 e. The summed E-state index contributed by atoms with van der Waals surface area (Å²) >= 11 is 0. The lowest BCUT2D eigenvalue weighted by molar-refractivity contribution is 0.0755. The van der Waals surface area contributed by atoms with Gasteiger partial charge in [0.25, 0.3) is 5.91 Å². The van der Waals surface area contributed by atoms with Crippen LogP contribution in [0.15, 0.2) is 41.2 Å². The van der Waals surface area contributed by atoms with Crippen LogP contribution in [-0.2, 0) is 0 Å². The second-order valence-electron chi connectivity index (χ2n) is 5.56. The van der Waals surface area contributed by atoms with Gasteiger partial charge in [-0.15, -0.1) is 0 Å². The second kappa shape index (κ2) is 6.56. The molecule has 0 saturated carbocycles. The zero-order chi connectivity index (χ0) is 15.4. The Balaban J connectivity index is 1.92. The molecular formula is C17H19N3O2. The van der Waals surface area contributed by atoms with Crippen molar-refractivity contribution in [2.75, 3.05) is 13.1 Å². The summed E-state index contributed by atoms with van der Waals surface area (Å²) < 4.78 is 0. The third-order valence-corrected chi connectivity index (χ3v) is 3.94. The number of carbonyl (C=O) groups is 1. The molecule has 3 rings (SSSR count). The molecule has 1 aromatic heterocycles. The lowest BCUT2D eigenvalue weighted by Crippen LogP contribution is -2.33. The maximum Gasteiger partial charge on any atom is 0.346 e. The van der Waals surface area contributed by atoms with Gasteiger partial charge in [-0.2, -0.15) is 4.98 Å². The number of H-pyrrole nitrogens is 1. The molecule has 1 amide bonds. The fourth-order valence-electron chi connectivity index (χ4n) is 2.77. The van der Waals surface area contributed by atoms with Crippen molar-refractivity contribution >= 4 is 5.91 Å². The number of nitrogens with one attached hydrogen (secondary N) is 1. The Morgan fingerprint density at radius 1 is 1.05 bits per heavy atom. The van der Waals surface area contributed by atoms with E-state index in [-0.39, 0.29) is 5.91 Å². The van der Waals surface area contributed by atoms with Crippen molar-refractivity contribution in [2.45, 2.75) is 25.7 Å². The summed E-state index contributed by atoms with van der Waals surface area (Å²) in [5.41, 5.74) is 1.20. The van der Waals surface area contributed by atoms with Crippen molar-refractivity contribution in [3.8, 4) is 11.3 Å². The Bertz CT molecular complexity index is 701. The molecule has 1 fully saturated rings. The van der Waals surface area contributed by atoms with Crippen molar-refractivity contribution in [2.24, 2.45) is 0 Å². The second-order valence-corrected chi connectivity index (χ2v) is 5.56. The number of benzene rings is 1. The number of aromatic nitrogens is 2. The molecule has 114 valence electrons. The van der Waals surface area contributed by atoms with Crippen LogP contribution in [0.1, 0.15) is 36.2 Å². The van der Waals surface area contributed by atoms with Crippen LogP contribution in [0.2, 0.25) is 0 Å². The minimum atomic E-state index is -0.487. The van der Waals surface area contributed by atoms with Crippen LogP contribution in [0.5, 0.6) is 0 Å². The average Bonchev–Trinajstić information content (AvgIpc) is 2.83. The van der Waals surface area contributed by atoms with Crippen molar-refractivity contribution < 1.29 is 4.79 Å². The van der Waals surface area contributed by atoms with Gasteiger partial charge in [0.05, 0.1) is 5.69 Å². The van der Waals surface area contributed by atoms with Crippen molar-refractivity contribution in [3.63, 3.8) is 0 Å². The van der Waals surface area contributed by atoms with Crippen LogP contribution < -0.4 is 5.69 Å². The number of carbonyl (C=O) groups excluding carboxylic acids is 1. The average molecular weight is 297 g/mol. The Kier molecular flexibility index (Phi) is 4.32. The SMILES string of the molecule is O=C(c1cc(-c2ccccc2)nc(=O)[nH]1)N1CCCCCC1. The molecule has 1 saturated heterocycles. The molecule has 0 bridgehead atoms. The highest BCUT2D eigenvalue weighted by atomic mass is 16.2. The molecule has 1 N–H and O–H groups in total. The van der Waals surface area contributed by atoms with Gasteiger partial charge in [-0.05, 0) is 18.9 Å². The molecule has 0 aliphatic carbocycles. The highest BCUT2D eigenvalue weighted by molar-refractivity contribution is 5.93. The fourth-order valence-corrected chi connectivity index (χ4v) is 2.77. The van der Waals surface area contributed by atoms with Gasteiger partial charge >= 0.3 is 5.69 Å². The zero-order valence-corrected chi connectivity index (χ0v) is 12.4. The first-order valence-electron chi connectivity index (χ1n) is 7.70. The van der Waals surface area contributed by atoms with Gasteiger partial charge in [0.2, 0.25) is 0 Å². The van der Waals surface area contributed by atoms with Gasteiger partial charge in [0, 0.05) is 18.7 Å². The highest BCUT2D eigenvalue weighted by Gasteiger charge is 2.19. The molecule has 5 nitrogen and oxygen atoms in total. The number of hydrogen-bond acceptors (Lipinski definition) is 3. The van der Waals surface area contributed by atoms with E-state index < -0.39 is 5.69 Å². The van der Waals surface area contributed by atoms with Gasteiger partial charge in [-0.25, -0.2) is 4.79 Å². The predicted octanol–water partition coefficient (Wildman–Crippen LogP) is 2.45. The van der Waals surface area contributed by atoms with E-state index in [0.29, 0.717) is 11.4 Å². The van der Waals surface area contributed by atoms with Crippen LogP contribution in [0.25, 0.3) is 11.3 Å². The monoisotopic (exact) mass is 297 g/mol. The van der Waals surface area contributed by atoms with Gasteiger partial charge in [-0.1, -0.05) is 43.2 Å². The van der Waals surface area contributed by atoms with Gasteiger partial charge in [0.15, 0.2) is 0 Å². The van der Waals surface area contributed by atoms with Crippen LogP contribution in [0.3, 0.4) is 0 Å². The van der Waals surface area contributed by atoms with Crippen LogP contribution in [0, 0.1) is 0 Å². The summed E-state index contributed by atoms with van der Waals surface area (Å²) in [4.78, 5) is 32.8. The standard InChI is InChI=1S/C17H19N3O2/c21-16(20-10-6-1-2-7-11-20)15-12-14(18-17(22)19-15)13-8-4-3-5-9-13/h3-5,8-9,12H,1-2,6-7,10-11H2,(H,18,19,22). The van der Waals surface area contributed by atoms with Crippen molar-refractivity contribution in [1.82, 2.24) is 14.9 Å². The molecule has 0 unspecified atom stereocenters. The minimum absolute atomic E-state index is 0.112. The summed E-state index contributed by atoms with van der Waals surface area (Å²) in [6, 6.07) is 11.1. The van der Waals surface area contributed by atoms with Gasteiger partial charge in [-0.3, -0.25) is 4.79 Å². The van der Waals surface area contributed by atoms with Crippen molar-refractivity contribution in [1.29, 1.82) is 0 Å². The number of aromatic amines is 1. The lowest BCUT2D eigenvalue weighted by Gasteiger charge is -2.20. The first-order chi connectivity index (χ1) is 10.7. The Morgan fingerprint density at radius 2 is 1.73 bits per heavy atom. The number of nitrogens with zero attached hydrogens (tertiary/aromatic N) is 2. The molecule has 0 radical (unpaired) electrons. The van der Waals surface area contributed by atoms with E-state index in [1.807, 2.05) is 35.2 Å². The van der Waals surface area contributed by atoms with E-state index in [2.05, 4.69) is 9.97 Å². The topological polar surface area (TPSA) is 66.1 Å². The van der Waals surface area contributed by atoms with E-state index in [9.17, 15) is 9.59 Å². The number of rotatable bonds is 2. The zero-order valence-electron chi connectivity index (χ0n) is 12.4. The lowest BCUT2D eigenvalue weighted by atomic mass is 10.1. The molecule has 0 spiro atoms. The molecule has 5 heteroatoms. The number of hydrogen-bond donors (Lipinski definition) is 1. The quantitative estimate of drug-likeness (QED) is 0.926. The Morgan fingerprint density at radius 3 is 2.41 bits per heavy atom. The summed E-state index contributed by atoms with van der Waals surface area (Å²) in [7, 11) is 0. The third kappa shape index (κ3) is 3.24. The molecule has 1 aliphatic rings. The molecule has 2 aromatic rings. The molecule has 1 aromatic carbocycles. The third-order valence-electron chi connectivity index (χ3n) is 3.94. The predicted molar refractivity (Wildman–Crippen MR) is 84.7 cm³/mol. The van der Waals surface area contributed by atoms with E-state index in [0.717, 1.165) is 44.3 Å². The van der Waals surface area contributed by atoms with E-state index in [1.54, 1.807) is 6.07 Å². The number of likely N-dealkylation sites (tertiary alicyclic amines) is 1. The summed E-state index contributed by atoms with van der Waals surface area (Å²) in [5, 5.41) is 0. The van der Waals surface area contributed by atoms with E-state index in [1.165, 1.54) is 0 Å². The fraction of sp³-hybridized carbons (Fsp3) is 0.353. The van der Waals surface area contributed by atoms with Gasteiger partial charge < -0.3 is 9.88 Å². The van der Waals surface area contributed by atoms with Crippen molar-refractivity contribution in [3.05, 3.63) is 52.6 Å². The Labute approximate surface area is 129 Å². The first-order valence-corrected chi connectivity index (χ1v) is 7.70. The highest BCUT2D eigenvalue weighted by Crippen LogP contribution is 2.17. The van der Waals surface area contributed by atoms with Crippen LogP contribution in [-0.4, -0.2) is 33.9 Å². The van der Waals surface area contributed by atoms with E-state index in [4.69, 9.17) is 0 Å². The summed E-state index contributed by atoms with van der Waals surface area (Å²) in [6.07, 6.45) is 4.36. The molecule has 1 aliphatic heterocycles. The largest absolute Gasteiger partial charge is 0.346 e. The first kappa shape index (κ1) is 14.5. The number of amides is 1. The smallest absolute Gasteiger partial charge is 0.337 e.